The van der Waals surface area contributed by atoms with Crippen molar-refractivity contribution >= 4 is 34.2 Å². The lowest BCUT2D eigenvalue weighted by molar-refractivity contribution is 0.192. The fourth-order valence-corrected chi connectivity index (χ4v) is 4.41. The number of nitrogens with zero attached hydrogens (tertiary/aromatic N) is 1. The second-order valence-electron chi connectivity index (χ2n) is 7.34. The van der Waals surface area contributed by atoms with E-state index in [1.54, 1.807) is 41.3 Å². The third kappa shape index (κ3) is 3.12. The molecule has 0 saturated carbocycles. The highest BCUT2D eigenvalue weighted by molar-refractivity contribution is 6.33. The summed E-state index contributed by atoms with van der Waals surface area (Å²) in [4.78, 5) is 18.4. The van der Waals surface area contributed by atoms with Gasteiger partial charge in [0.1, 0.15) is 11.9 Å². The van der Waals surface area contributed by atoms with E-state index >= 15 is 0 Å². The Morgan fingerprint density at radius 1 is 1.03 bits per heavy atom. The number of nitrogens with one attached hydrogen (secondary N) is 2. The first-order valence-corrected chi connectivity index (χ1v) is 10.2. The number of aromatic amines is 1. The molecule has 150 valence electrons. The largest absolute Gasteiger partial charge is 0.356 e. The summed E-state index contributed by atoms with van der Waals surface area (Å²) in [5.41, 5.74) is 3.94. The zero-order valence-corrected chi connectivity index (χ0v) is 16.8. The molecule has 2 heterocycles. The quantitative estimate of drug-likeness (QED) is 0.402. The zero-order chi connectivity index (χ0) is 20.7. The van der Waals surface area contributed by atoms with Gasteiger partial charge in [0.25, 0.3) is 0 Å². The van der Waals surface area contributed by atoms with Crippen LogP contribution < -0.4 is 5.32 Å². The number of carbonyl (C=O) groups is 1. The molecular weight excluding hydrogens is 401 g/mol. The second-order valence-corrected chi connectivity index (χ2v) is 7.75. The lowest BCUT2D eigenvalue weighted by Gasteiger charge is -2.36. The smallest absolute Gasteiger partial charge is 0.322 e. The number of urea groups is 1. The topological polar surface area (TPSA) is 48.1 Å². The molecule has 0 unspecified atom stereocenters. The molecule has 4 nitrogen and oxygen atoms in total. The summed E-state index contributed by atoms with van der Waals surface area (Å²) in [6, 6.07) is 20.8. The minimum absolute atomic E-state index is 0.319. The van der Waals surface area contributed by atoms with Gasteiger partial charge in [-0.25, -0.2) is 9.18 Å². The SMILES string of the molecule is O=C(Nc1ccccc1Cl)N1CCc2c([nH]c3ccccc23)[C@@H]1c1ccccc1F. The van der Waals surface area contributed by atoms with Gasteiger partial charge in [0.05, 0.1) is 10.7 Å². The van der Waals surface area contributed by atoms with Crippen molar-refractivity contribution in [1.29, 1.82) is 0 Å². The highest BCUT2D eigenvalue weighted by atomic mass is 35.5. The van der Waals surface area contributed by atoms with Gasteiger partial charge in [-0.15, -0.1) is 0 Å². The first kappa shape index (κ1) is 18.7. The first-order valence-electron chi connectivity index (χ1n) is 9.79. The van der Waals surface area contributed by atoms with E-state index in [2.05, 4.69) is 16.4 Å². The molecule has 0 aliphatic carbocycles. The molecule has 30 heavy (non-hydrogen) atoms. The molecule has 0 radical (unpaired) electrons. The lowest BCUT2D eigenvalue weighted by atomic mass is 9.92. The van der Waals surface area contributed by atoms with Crippen molar-refractivity contribution in [1.82, 2.24) is 9.88 Å². The van der Waals surface area contributed by atoms with Crippen molar-refractivity contribution in [2.75, 3.05) is 11.9 Å². The minimum atomic E-state index is -0.565. The summed E-state index contributed by atoms with van der Waals surface area (Å²) in [7, 11) is 0. The molecule has 1 aliphatic rings. The number of aromatic nitrogens is 1. The molecule has 0 spiro atoms. The molecule has 1 atom stereocenters. The van der Waals surface area contributed by atoms with Gasteiger partial charge in [0.15, 0.2) is 0 Å². The standard InChI is InChI=1S/C24H19ClFN3O/c25-18-9-3-6-12-21(18)28-24(30)29-14-13-16-15-7-2-5-11-20(15)27-22(16)23(29)17-8-1-4-10-19(17)26/h1-12,23,27H,13-14H2,(H,28,30)/t23-/m0/s1. The van der Waals surface area contributed by atoms with Crippen LogP contribution in [0.4, 0.5) is 14.9 Å². The lowest BCUT2D eigenvalue weighted by Crippen LogP contribution is -2.43. The highest BCUT2D eigenvalue weighted by Crippen LogP contribution is 2.39. The summed E-state index contributed by atoms with van der Waals surface area (Å²) in [5.74, 6) is -0.343. The first-order chi connectivity index (χ1) is 14.6. The molecule has 0 fully saturated rings. The van der Waals surface area contributed by atoms with E-state index < -0.39 is 6.04 Å². The van der Waals surface area contributed by atoms with Crippen LogP contribution in [0.5, 0.6) is 0 Å². The predicted octanol–water partition coefficient (Wildman–Crippen LogP) is 6.14. The number of H-pyrrole nitrogens is 1. The van der Waals surface area contributed by atoms with Crippen molar-refractivity contribution in [3.05, 3.63) is 100 Å². The van der Waals surface area contributed by atoms with Crippen molar-refractivity contribution in [3.8, 4) is 0 Å². The Labute approximate surface area is 178 Å². The van der Waals surface area contributed by atoms with Crippen LogP contribution in [0.15, 0.2) is 72.8 Å². The second kappa shape index (κ2) is 7.50. The van der Waals surface area contributed by atoms with E-state index in [4.69, 9.17) is 11.6 Å². The van der Waals surface area contributed by atoms with Crippen molar-refractivity contribution in [2.24, 2.45) is 0 Å². The number of benzene rings is 3. The average molecular weight is 420 g/mol. The third-order valence-electron chi connectivity index (χ3n) is 5.61. The van der Waals surface area contributed by atoms with Gasteiger partial charge in [0.2, 0.25) is 0 Å². The maximum absolute atomic E-state index is 14.9. The Morgan fingerprint density at radius 2 is 1.77 bits per heavy atom. The fraction of sp³-hybridized carbons (Fsp3) is 0.125. The number of hydrogen-bond acceptors (Lipinski definition) is 1. The maximum atomic E-state index is 14.9. The molecule has 2 N–H and O–H groups in total. The molecule has 0 saturated heterocycles. The molecule has 3 aromatic carbocycles. The van der Waals surface area contributed by atoms with Crippen LogP contribution in [0.25, 0.3) is 10.9 Å². The van der Waals surface area contributed by atoms with Gasteiger partial charge in [-0.2, -0.15) is 0 Å². The Bertz CT molecular complexity index is 1250. The van der Waals surface area contributed by atoms with E-state index in [-0.39, 0.29) is 11.8 Å². The summed E-state index contributed by atoms with van der Waals surface area (Å²) >= 11 is 6.22. The predicted molar refractivity (Wildman–Crippen MR) is 117 cm³/mol. The third-order valence-corrected chi connectivity index (χ3v) is 5.94. The fourth-order valence-electron chi connectivity index (χ4n) is 4.23. The summed E-state index contributed by atoms with van der Waals surface area (Å²) < 4.78 is 14.9. The van der Waals surface area contributed by atoms with Crippen LogP contribution in [0, 0.1) is 5.82 Å². The van der Waals surface area contributed by atoms with Gasteiger partial charge in [-0.05, 0) is 36.2 Å². The Morgan fingerprint density at radius 3 is 2.60 bits per heavy atom. The molecule has 0 bridgehead atoms. The van der Waals surface area contributed by atoms with Crippen LogP contribution >= 0.6 is 11.6 Å². The monoisotopic (exact) mass is 419 g/mol. The Kier molecular flexibility index (Phi) is 4.68. The maximum Gasteiger partial charge on any atom is 0.322 e. The van der Waals surface area contributed by atoms with Gasteiger partial charge in [-0.1, -0.05) is 60.1 Å². The van der Waals surface area contributed by atoms with Crippen LogP contribution in [0.3, 0.4) is 0 Å². The molecule has 1 aromatic heterocycles. The Hall–Kier alpha value is -3.31. The van der Waals surface area contributed by atoms with Crippen molar-refractivity contribution < 1.29 is 9.18 Å². The highest BCUT2D eigenvalue weighted by Gasteiger charge is 2.36. The number of hydrogen-bond donors (Lipinski definition) is 2. The van der Waals surface area contributed by atoms with E-state index in [0.29, 0.717) is 29.2 Å². The molecule has 6 heteroatoms. The van der Waals surface area contributed by atoms with E-state index in [1.807, 2.05) is 24.3 Å². The number of halogens is 2. The zero-order valence-electron chi connectivity index (χ0n) is 16.0. The molecule has 5 rings (SSSR count). The number of anilines is 1. The van der Waals surface area contributed by atoms with Gasteiger partial charge in [-0.3, -0.25) is 0 Å². The van der Waals surface area contributed by atoms with Crippen LogP contribution in [0.2, 0.25) is 5.02 Å². The number of para-hydroxylation sites is 2. The van der Waals surface area contributed by atoms with Crippen molar-refractivity contribution in [3.63, 3.8) is 0 Å². The van der Waals surface area contributed by atoms with Crippen LogP contribution in [-0.4, -0.2) is 22.5 Å². The molecule has 4 aromatic rings. The number of amides is 2. The van der Waals surface area contributed by atoms with Gasteiger partial charge >= 0.3 is 6.03 Å². The Balaban J connectivity index is 1.61. The normalized spacial score (nSPS) is 15.8. The van der Waals surface area contributed by atoms with Crippen molar-refractivity contribution in [2.45, 2.75) is 12.5 Å². The van der Waals surface area contributed by atoms with Crippen LogP contribution in [0.1, 0.15) is 22.9 Å². The summed E-state index contributed by atoms with van der Waals surface area (Å²) in [6.45, 7) is 0.462. The van der Waals surface area contributed by atoms with Gasteiger partial charge in [0, 0.05) is 28.7 Å². The molecular formula is C24H19ClFN3O. The summed E-state index contributed by atoms with van der Waals surface area (Å²) in [5, 5.41) is 4.45. The van der Waals surface area contributed by atoms with E-state index in [9.17, 15) is 9.18 Å². The van der Waals surface area contributed by atoms with Gasteiger partial charge < -0.3 is 15.2 Å². The average Bonchev–Trinajstić information content (AvgIpc) is 3.14. The molecule has 2 amide bonds. The number of fused-ring (bicyclic) bond motifs is 3. The number of carbonyl (C=O) groups excluding carboxylic acids is 1. The van der Waals surface area contributed by atoms with Crippen LogP contribution in [-0.2, 0) is 6.42 Å². The van der Waals surface area contributed by atoms with E-state index in [0.717, 1.165) is 22.2 Å². The minimum Gasteiger partial charge on any atom is -0.356 e. The summed E-state index contributed by atoms with van der Waals surface area (Å²) in [6.07, 6.45) is 0.681. The number of rotatable bonds is 2. The molecule has 1 aliphatic heterocycles. The van der Waals surface area contributed by atoms with E-state index in [1.165, 1.54) is 6.07 Å².